The number of ether oxygens (including phenoxy) is 1. The molecule has 1 aromatic rings. The number of rotatable bonds is 7. The molecular formula is C24H39N3O4. The highest BCUT2D eigenvalue weighted by atomic mass is 16.6. The van der Waals surface area contributed by atoms with Crippen LogP contribution in [0.25, 0.3) is 0 Å². The van der Waals surface area contributed by atoms with Crippen molar-refractivity contribution in [2.45, 2.75) is 85.9 Å². The highest BCUT2D eigenvalue weighted by Crippen LogP contribution is 2.27. The lowest BCUT2D eigenvalue weighted by Crippen LogP contribution is -2.51. The van der Waals surface area contributed by atoms with E-state index in [2.05, 4.69) is 10.6 Å². The van der Waals surface area contributed by atoms with E-state index in [1.54, 1.807) is 25.7 Å². The fourth-order valence-corrected chi connectivity index (χ4v) is 3.15. The molecule has 0 saturated heterocycles. The van der Waals surface area contributed by atoms with Crippen LogP contribution in [0, 0.1) is 13.8 Å². The van der Waals surface area contributed by atoms with Gasteiger partial charge in [-0.2, -0.15) is 0 Å². The summed E-state index contributed by atoms with van der Waals surface area (Å²) in [5, 5.41) is 5.52. The third-order valence-corrected chi connectivity index (χ3v) is 4.36. The lowest BCUT2D eigenvalue weighted by atomic mass is 9.95. The largest absolute Gasteiger partial charge is 0.444 e. The van der Waals surface area contributed by atoms with E-state index in [-0.39, 0.29) is 18.4 Å². The lowest BCUT2D eigenvalue weighted by Gasteiger charge is -2.34. The molecule has 0 radical (unpaired) electrons. The molecule has 0 aliphatic rings. The number of alkyl carbamates (subject to hydrolysis) is 1. The minimum atomic E-state index is -0.799. The Kier molecular flexibility index (Phi) is 9.09. The van der Waals surface area contributed by atoms with Crippen LogP contribution in [0.4, 0.5) is 4.79 Å². The quantitative estimate of drug-likeness (QED) is 0.680. The van der Waals surface area contributed by atoms with E-state index in [1.807, 2.05) is 59.7 Å². The Labute approximate surface area is 186 Å². The Hall–Kier alpha value is -2.57. The van der Waals surface area contributed by atoms with Crippen LogP contribution in [-0.2, 0) is 14.3 Å². The van der Waals surface area contributed by atoms with Gasteiger partial charge in [0.1, 0.15) is 18.2 Å². The number of benzene rings is 1. The van der Waals surface area contributed by atoms with Gasteiger partial charge in [0.2, 0.25) is 11.8 Å². The maximum Gasteiger partial charge on any atom is 0.408 e. The van der Waals surface area contributed by atoms with Gasteiger partial charge in [-0.15, -0.1) is 0 Å². The smallest absolute Gasteiger partial charge is 0.408 e. The Morgan fingerprint density at radius 3 is 2.19 bits per heavy atom. The summed E-state index contributed by atoms with van der Waals surface area (Å²) >= 11 is 0. The molecule has 1 atom stereocenters. The average molecular weight is 434 g/mol. The summed E-state index contributed by atoms with van der Waals surface area (Å²) in [6, 6.07) is 5.08. The van der Waals surface area contributed by atoms with E-state index in [0.717, 1.165) is 16.7 Å². The Morgan fingerprint density at radius 1 is 1.06 bits per heavy atom. The normalized spacial score (nSPS) is 12.7. The van der Waals surface area contributed by atoms with Crippen molar-refractivity contribution in [1.82, 2.24) is 15.5 Å². The van der Waals surface area contributed by atoms with E-state index in [0.29, 0.717) is 13.0 Å². The first-order valence-corrected chi connectivity index (χ1v) is 10.8. The zero-order chi connectivity index (χ0) is 24.0. The second kappa shape index (κ2) is 10.6. The average Bonchev–Trinajstić information content (AvgIpc) is 2.59. The molecule has 174 valence electrons. The third kappa shape index (κ3) is 8.99. The number of hydrogen-bond donors (Lipinski definition) is 2. The van der Waals surface area contributed by atoms with Crippen molar-refractivity contribution < 1.29 is 19.1 Å². The Morgan fingerprint density at radius 2 is 1.68 bits per heavy atom. The molecule has 0 saturated carbocycles. The van der Waals surface area contributed by atoms with E-state index in [1.165, 1.54) is 0 Å². The van der Waals surface area contributed by atoms with Crippen molar-refractivity contribution in [2.75, 3.05) is 13.1 Å². The first kappa shape index (κ1) is 26.5. The van der Waals surface area contributed by atoms with Gasteiger partial charge in [-0.1, -0.05) is 30.7 Å². The SMILES string of the molecule is CCCN(C(=O)CNC(=O)OC(C)(C)C)C(C(=O)NC(C)(C)C)c1cc(C)ccc1C. The topological polar surface area (TPSA) is 87.7 Å². The van der Waals surface area contributed by atoms with Gasteiger partial charge in [0, 0.05) is 12.1 Å². The van der Waals surface area contributed by atoms with E-state index in [4.69, 9.17) is 4.74 Å². The standard InChI is InChI=1S/C24H39N3O4/c1-10-13-27(19(28)15-25-22(30)31-24(7,8)9)20(21(29)26-23(4,5)6)18-14-16(2)11-12-17(18)3/h11-12,14,20H,10,13,15H2,1-9H3,(H,25,30)(H,26,29). The maximum absolute atomic E-state index is 13.4. The molecule has 7 heteroatoms. The molecule has 0 heterocycles. The third-order valence-electron chi connectivity index (χ3n) is 4.36. The van der Waals surface area contributed by atoms with Crippen LogP contribution in [0.5, 0.6) is 0 Å². The zero-order valence-electron chi connectivity index (χ0n) is 20.5. The van der Waals surface area contributed by atoms with Crippen LogP contribution < -0.4 is 10.6 Å². The second-order valence-corrected chi connectivity index (χ2v) is 9.94. The fourth-order valence-electron chi connectivity index (χ4n) is 3.15. The molecule has 1 aromatic carbocycles. The first-order chi connectivity index (χ1) is 14.1. The minimum Gasteiger partial charge on any atom is -0.444 e. The molecule has 2 N–H and O–H groups in total. The van der Waals surface area contributed by atoms with Crippen molar-refractivity contribution in [3.63, 3.8) is 0 Å². The van der Waals surface area contributed by atoms with Crippen LogP contribution in [0.2, 0.25) is 0 Å². The van der Waals surface area contributed by atoms with Gasteiger partial charge >= 0.3 is 6.09 Å². The number of hydrogen-bond acceptors (Lipinski definition) is 4. The molecular weight excluding hydrogens is 394 g/mol. The lowest BCUT2D eigenvalue weighted by molar-refractivity contribution is -0.141. The van der Waals surface area contributed by atoms with E-state index < -0.39 is 23.3 Å². The van der Waals surface area contributed by atoms with Crippen molar-refractivity contribution in [3.05, 3.63) is 34.9 Å². The summed E-state index contributed by atoms with van der Waals surface area (Å²) in [4.78, 5) is 40.1. The minimum absolute atomic E-state index is 0.250. The van der Waals surface area contributed by atoms with Crippen LogP contribution in [0.15, 0.2) is 18.2 Å². The molecule has 0 bridgehead atoms. The molecule has 0 aliphatic heterocycles. The molecule has 0 aromatic heterocycles. The summed E-state index contributed by atoms with van der Waals surface area (Å²) in [6.45, 7) is 16.9. The number of amides is 3. The number of nitrogens with one attached hydrogen (secondary N) is 2. The highest BCUT2D eigenvalue weighted by molar-refractivity contribution is 5.91. The van der Waals surface area contributed by atoms with Crippen LogP contribution >= 0.6 is 0 Å². The van der Waals surface area contributed by atoms with Gasteiger partial charge < -0.3 is 20.3 Å². The monoisotopic (exact) mass is 433 g/mol. The number of aryl methyl sites for hydroxylation is 2. The van der Waals surface area contributed by atoms with Crippen LogP contribution in [0.3, 0.4) is 0 Å². The van der Waals surface area contributed by atoms with Gasteiger partial charge in [-0.3, -0.25) is 9.59 Å². The maximum atomic E-state index is 13.4. The van der Waals surface area contributed by atoms with Crippen molar-refractivity contribution >= 4 is 17.9 Å². The number of nitrogens with zero attached hydrogens (tertiary/aromatic N) is 1. The molecule has 7 nitrogen and oxygen atoms in total. The summed E-state index contributed by atoms with van der Waals surface area (Å²) in [5.41, 5.74) is 1.59. The molecule has 1 unspecified atom stereocenters. The zero-order valence-corrected chi connectivity index (χ0v) is 20.5. The first-order valence-electron chi connectivity index (χ1n) is 10.8. The van der Waals surface area contributed by atoms with Crippen LogP contribution in [0.1, 0.15) is 77.6 Å². The summed E-state index contributed by atoms with van der Waals surface area (Å²) in [5.74, 6) is -0.594. The van der Waals surface area contributed by atoms with Gasteiger partial charge in [0.25, 0.3) is 0 Å². The van der Waals surface area contributed by atoms with E-state index in [9.17, 15) is 14.4 Å². The Balaban J connectivity index is 3.26. The predicted octanol–water partition coefficient (Wildman–Crippen LogP) is 4.02. The highest BCUT2D eigenvalue weighted by Gasteiger charge is 2.34. The summed E-state index contributed by atoms with van der Waals surface area (Å²) < 4.78 is 5.22. The molecule has 3 amide bonds. The van der Waals surface area contributed by atoms with Crippen molar-refractivity contribution in [1.29, 1.82) is 0 Å². The van der Waals surface area contributed by atoms with Crippen molar-refractivity contribution in [2.24, 2.45) is 0 Å². The van der Waals surface area contributed by atoms with Crippen LogP contribution in [-0.4, -0.2) is 47.0 Å². The summed E-state index contributed by atoms with van der Waals surface area (Å²) in [6.07, 6.45) is 0.00207. The number of carbonyl (C=O) groups excluding carboxylic acids is 3. The molecule has 31 heavy (non-hydrogen) atoms. The van der Waals surface area contributed by atoms with Gasteiger partial charge in [0.15, 0.2) is 0 Å². The predicted molar refractivity (Wildman–Crippen MR) is 123 cm³/mol. The van der Waals surface area contributed by atoms with Gasteiger partial charge in [-0.05, 0) is 72.9 Å². The number of carbonyl (C=O) groups is 3. The molecule has 0 fully saturated rings. The molecule has 1 rings (SSSR count). The summed E-state index contributed by atoms with van der Waals surface area (Å²) in [7, 11) is 0. The van der Waals surface area contributed by atoms with Gasteiger partial charge in [-0.25, -0.2) is 4.79 Å². The van der Waals surface area contributed by atoms with Crippen molar-refractivity contribution in [3.8, 4) is 0 Å². The Bertz CT molecular complexity index is 791. The molecule has 0 aliphatic carbocycles. The molecule has 0 spiro atoms. The fraction of sp³-hybridized carbons (Fsp3) is 0.625. The van der Waals surface area contributed by atoms with E-state index >= 15 is 0 Å². The van der Waals surface area contributed by atoms with Gasteiger partial charge in [0.05, 0.1) is 0 Å². The second-order valence-electron chi connectivity index (χ2n) is 9.94.